The SMILES string of the molecule is C[IH]c1cccc(C[NH+]=C(N)N)c1.[Y].[Y]. The Morgan fingerprint density at radius 2 is 2.00 bits per heavy atom. The second kappa shape index (κ2) is 10.6. The summed E-state index contributed by atoms with van der Waals surface area (Å²) in [6.45, 7) is 0.711. The number of benzene rings is 1. The van der Waals surface area contributed by atoms with Crippen LogP contribution in [-0.4, -0.2) is 10.9 Å². The molecule has 0 aromatic heterocycles. The summed E-state index contributed by atoms with van der Waals surface area (Å²) in [5.74, 6) is 0.276. The molecule has 1 rings (SSSR count). The monoisotopic (exact) mass is 470 g/mol. The van der Waals surface area contributed by atoms with Gasteiger partial charge in [0.1, 0.15) is 0 Å². The second-order valence-corrected chi connectivity index (χ2v) is 5.17. The van der Waals surface area contributed by atoms with Gasteiger partial charge in [-0.05, 0) is 0 Å². The van der Waals surface area contributed by atoms with E-state index in [-0.39, 0.29) is 92.6 Å². The minimum absolute atomic E-state index is 0. The van der Waals surface area contributed by atoms with Gasteiger partial charge in [-0.25, -0.2) is 0 Å². The smallest absolute Gasteiger partial charge is 0 e. The second-order valence-electron chi connectivity index (χ2n) is 2.66. The molecule has 3 nitrogen and oxygen atoms in total. The maximum Gasteiger partial charge on any atom is 0 e. The van der Waals surface area contributed by atoms with Gasteiger partial charge in [-0.1, -0.05) is 0 Å². The van der Waals surface area contributed by atoms with Gasteiger partial charge < -0.3 is 0 Å². The zero-order chi connectivity index (χ0) is 9.68. The maximum absolute atomic E-state index is 5.30. The molecule has 1 aromatic rings. The molecule has 15 heavy (non-hydrogen) atoms. The van der Waals surface area contributed by atoms with E-state index in [1.165, 1.54) is 9.13 Å². The van der Waals surface area contributed by atoms with Crippen LogP contribution in [0.1, 0.15) is 5.56 Å². The third-order valence-electron chi connectivity index (χ3n) is 1.63. The van der Waals surface area contributed by atoms with Gasteiger partial charge in [0.05, 0.1) is 0 Å². The topological polar surface area (TPSA) is 66.0 Å². The molecule has 6 heteroatoms. The fourth-order valence-electron chi connectivity index (χ4n) is 0.987. The van der Waals surface area contributed by atoms with Crippen LogP contribution in [0.15, 0.2) is 24.3 Å². The molecule has 0 atom stereocenters. The van der Waals surface area contributed by atoms with Crippen LogP contribution in [0.25, 0.3) is 0 Å². The van der Waals surface area contributed by atoms with Crippen molar-refractivity contribution >= 4 is 27.2 Å². The van der Waals surface area contributed by atoms with Gasteiger partial charge >= 0.3 is 88.5 Å². The van der Waals surface area contributed by atoms with Gasteiger partial charge in [-0.3, -0.25) is 0 Å². The van der Waals surface area contributed by atoms with Gasteiger partial charge in [-0.15, -0.1) is 0 Å². The quantitative estimate of drug-likeness (QED) is 0.231. The molecule has 0 spiro atoms. The van der Waals surface area contributed by atoms with Crippen LogP contribution in [-0.2, 0) is 72.0 Å². The molecule has 0 amide bonds. The molecule has 0 heterocycles. The van der Waals surface area contributed by atoms with Gasteiger partial charge in [-0.2, -0.15) is 0 Å². The average molecular weight is 470 g/mol. The molecule has 0 aliphatic heterocycles. The minimum Gasteiger partial charge on any atom is 0 e. The van der Waals surface area contributed by atoms with Crippen molar-refractivity contribution in [1.29, 1.82) is 0 Å². The van der Waals surface area contributed by atoms with Crippen LogP contribution in [0, 0.1) is 3.57 Å². The standard InChI is InChI=1S/C9H14IN3.2Y/c1-10-8-4-2-3-7(5-8)6-13-9(11)12;;/h2-5,10H,6H2,1H3,(H4,11,12,13);;/p+1. The molecule has 0 saturated carbocycles. The van der Waals surface area contributed by atoms with E-state index in [4.69, 9.17) is 11.5 Å². The molecule has 1 aromatic carbocycles. The van der Waals surface area contributed by atoms with Crippen molar-refractivity contribution in [2.75, 3.05) is 4.93 Å². The number of nitrogens with two attached hydrogens (primary N) is 2. The van der Waals surface area contributed by atoms with Crippen LogP contribution in [0.3, 0.4) is 0 Å². The third kappa shape index (κ3) is 8.19. The Morgan fingerprint density at radius 3 is 2.53 bits per heavy atom. The third-order valence-corrected chi connectivity index (χ3v) is 3.70. The Kier molecular flexibility index (Phi) is 13.2. The number of rotatable bonds is 3. The van der Waals surface area contributed by atoms with Crippen LogP contribution >= 0.6 is 21.2 Å². The fraction of sp³-hybridized carbons (Fsp3) is 0.222. The van der Waals surface area contributed by atoms with E-state index < -0.39 is 0 Å². The van der Waals surface area contributed by atoms with Crippen molar-refractivity contribution in [2.45, 2.75) is 6.54 Å². The predicted octanol–water partition coefficient (Wildman–Crippen LogP) is -0.962. The van der Waals surface area contributed by atoms with E-state index in [9.17, 15) is 0 Å². The zero-order valence-electron chi connectivity index (χ0n) is 8.73. The molecule has 0 unspecified atom stereocenters. The van der Waals surface area contributed by atoms with Gasteiger partial charge in [0.25, 0.3) is 0 Å². The van der Waals surface area contributed by atoms with Crippen molar-refractivity contribution in [1.82, 2.24) is 0 Å². The van der Waals surface area contributed by atoms with E-state index in [1.807, 2.05) is 0 Å². The molecule has 5 N–H and O–H groups in total. The largest absolute Gasteiger partial charge is 0 e. The van der Waals surface area contributed by atoms with Crippen molar-refractivity contribution in [2.24, 2.45) is 11.5 Å². The minimum atomic E-state index is 0. The summed E-state index contributed by atoms with van der Waals surface area (Å²) in [6, 6.07) is 8.52. The number of guanidine groups is 1. The molecule has 2 radical (unpaired) electrons. The number of hydrogen-bond donors (Lipinski definition) is 3. The van der Waals surface area contributed by atoms with E-state index in [0.717, 1.165) is 0 Å². The van der Waals surface area contributed by atoms with E-state index in [2.05, 4.69) is 34.2 Å². The normalized spacial score (nSPS) is 8.60. The Labute approximate surface area is 151 Å². The summed E-state index contributed by atoms with van der Waals surface area (Å²) in [7, 11) is 0. The van der Waals surface area contributed by atoms with E-state index in [0.29, 0.717) is 6.54 Å². The first-order valence-electron chi connectivity index (χ1n) is 3.97. The molecular weight excluding hydrogens is 455 g/mol. The Bertz CT molecular complexity index is 314. The molecule has 0 aliphatic rings. The average Bonchev–Trinajstić information content (AvgIpc) is 2.15. The summed E-state index contributed by atoms with van der Waals surface area (Å²) < 4.78 is 1.46. The molecule has 78 valence electrons. The van der Waals surface area contributed by atoms with Crippen LogP contribution in [0.4, 0.5) is 0 Å². The van der Waals surface area contributed by atoms with Crippen molar-refractivity contribution < 1.29 is 70.4 Å². The predicted molar refractivity (Wildman–Crippen MR) is 64.5 cm³/mol. The summed E-state index contributed by atoms with van der Waals surface area (Å²) in [4.78, 5) is 5.16. The summed E-state index contributed by atoms with van der Waals surface area (Å²) in [5.41, 5.74) is 11.8. The van der Waals surface area contributed by atoms with Crippen molar-refractivity contribution in [3.63, 3.8) is 0 Å². The first kappa shape index (κ1) is 18.8. The summed E-state index contributed by atoms with van der Waals surface area (Å²) in [6.07, 6.45) is 0. The molecular formula is C9H15IN3Y2+. The number of hydrogen-bond acceptors (Lipinski definition) is 0. The number of halogens is 1. The Hall–Kier alpha value is 1.43. The number of alkyl halides is 1. The van der Waals surface area contributed by atoms with Crippen molar-refractivity contribution in [3.8, 4) is 0 Å². The fourth-order valence-corrected chi connectivity index (χ4v) is 2.37. The first-order chi connectivity index (χ1) is 6.22. The van der Waals surface area contributed by atoms with Gasteiger partial charge in [0.15, 0.2) is 0 Å². The van der Waals surface area contributed by atoms with Gasteiger partial charge in [0.2, 0.25) is 0 Å². The molecule has 0 aliphatic carbocycles. The molecule has 0 bridgehead atoms. The first-order valence-corrected chi connectivity index (χ1v) is 7.46. The molecule has 0 fully saturated rings. The summed E-state index contributed by atoms with van der Waals surface area (Å²) >= 11 is 0.00779. The number of nitrogens with one attached hydrogen (secondary N) is 1. The summed E-state index contributed by atoms with van der Waals surface area (Å²) in [5, 5.41) is 0. The molecule has 0 saturated heterocycles. The van der Waals surface area contributed by atoms with Crippen LogP contribution < -0.4 is 16.5 Å². The van der Waals surface area contributed by atoms with E-state index >= 15 is 0 Å². The Balaban J connectivity index is 0. The van der Waals surface area contributed by atoms with E-state index in [1.54, 1.807) is 0 Å². The van der Waals surface area contributed by atoms with Crippen LogP contribution in [0.2, 0.25) is 0 Å². The van der Waals surface area contributed by atoms with Crippen LogP contribution in [0.5, 0.6) is 0 Å². The Morgan fingerprint density at radius 1 is 1.33 bits per heavy atom. The van der Waals surface area contributed by atoms with Crippen molar-refractivity contribution in [3.05, 3.63) is 33.4 Å². The zero-order valence-corrected chi connectivity index (χ0v) is 16.7. The van der Waals surface area contributed by atoms with Gasteiger partial charge in [0, 0.05) is 65.4 Å². The maximum atomic E-state index is 5.30.